The molecule has 0 saturated carbocycles. The molecular formula is C5H11NO4. The van der Waals surface area contributed by atoms with Crippen LogP contribution in [0.2, 0.25) is 0 Å². The van der Waals surface area contributed by atoms with Crippen LogP contribution in [-0.4, -0.2) is 40.0 Å². The third-order valence-corrected chi connectivity index (χ3v) is 0.828. The molecule has 5 nitrogen and oxygen atoms in total. The van der Waals surface area contributed by atoms with Gasteiger partial charge >= 0.3 is 0 Å². The molecule has 0 spiro atoms. The van der Waals surface area contributed by atoms with Crippen LogP contribution < -0.4 is 0 Å². The first-order valence-electron chi connectivity index (χ1n) is 2.39. The van der Waals surface area contributed by atoms with Crippen molar-refractivity contribution in [2.24, 2.45) is 0 Å². The molecule has 0 radical (unpaired) electrons. The SMILES string of the molecule is C=CC(=O)N(CO)CO.O. The van der Waals surface area contributed by atoms with Crippen LogP contribution in [0.4, 0.5) is 0 Å². The molecule has 0 heterocycles. The van der Waals surface area contributed by atoms with E-state index in [1.807, 2.05) is 0 Å². The highest BCUT2D eigenvalue weighted by Crippen LogP contribution is 1.84. The van der Waals surface area contributed by atoms with Gasteiger partial charge in [0.15, 0.2) is 0 Å². The molecule has 0 aliphatic carbocycles. The summed E-state index contributed by atoms with van der Waals surface area (Å²) in [6.45, 7) is 2.19. The molecule has 1 amide bonds. The molecule has 60 valence electrons. The van der Waals surface area contributed by atoms with E-state index in [4.69, 9.17) is 10.2 Å². The molecule has 0 aliphatic rings. The largest absolute Gasteiger partial charge is 0.412 e. The number of carbonyl (C=O) groups excluding carboxylic acids is 1. The minimum absolute atomic E-state index is 0. The highest BCUT2D eigenvalue weighted by atomic mass is 16.3. The monoisotopic (exact) mass is 149 g/mol. The number of hydrogen-bond acceptors (Lipinski definition) is 3. The molecule has 5 heteroatoms. The lowest BCUT2D eigenvalue weighted by atomic mass is 10.5. The molecular weight excluding hydrogens is 138 g/mol. The van der Waals surface area contributed by atoms with E-state index in [-0.39, 0.29) is 5.48 Å². The quantitative estimate of drug-likeness (QED) is 0.361. The molecule has 4 N–H and O–H groups in total. The van der Waals surface area contributed by atoms with E-state index in [0.29, 0.717) is 0 Å². The Morgan fingerprint density at radius 2 is 1.90 bits per heavy atom. The first kappa shape index (κ1) is 11.8. The molecule has 0 atom stereocenters. The highest BCUT2D eigenvalue weighted by Gasteiger charge is 2.04. The maximum absolute atomic E-state index is 10.5. The molecule has 0 aromatic rings. The molecule has 0 aromatic carbocycles. The zero-order valence-corrected chi connectivity index (χ0v) is 5.45. The van der Waals surface area contributed by atoms with E-state index in [9.17, 15) is 4.79 Å². The van der Waals surface area contributed by atoms with Gasteiger partial charge in [0.05, 0.1) is 0 Å². The zero-order chi connectivity index (χ0) is 7.28. The van der Waals surface area contributed by atoms with Crippen molar-refractivity contribution in [3.05, 3.63) is 12.7 Å². The van der Waals surface area contributed by atoms with Gasteiger partial charge < -0.3 is 15.7 Å². The first-order chi connectivity index (χ1) is 4.26. The molecule has 0 aromatic heterocycles. The van der Waals surface area contributed by atoms with Gasteiger partial charge in [-0.3, -0.25) is 9.69 Å². The Morgan fingerprint density at radius 1 is 1.50 bits per heavy atom. The maximum Gasteiger partial charge on any atom is 0.249 e. The van der Waals surface area contributed by atoms with E-state index in [1.54, 1.807) is 0 Å². The van der Waals surface area contributed by atoms with Gasteiger partial charge in [-0.25, -0.2) is 0 Å². The van der Waals surface area contributed by atoms with Crippen molar-refractivity contribution in [2.45, 2.75) is 0 Å². The lowest BCUT2D eigenvalue weighted by Gasteiger charge is -2.12. The number of aliphatic hydroxyl groups excluding tert-OH is 2. The van der Waals surface area contributed by atoms with Gasteiger partial charge in [0.25, 0.3) is 0 Å². The summed E-state index contributed by atoms with van der Waals surface area (Å²) in [4.78, 5) is 11.3. The Kier molecular flexibility index (Phi) is 7.35. The predicted molar refractivity (Wildman–Crippen MR) is 34.8 cm³/mol. The smallest absolute Gasteiger partial charge is 0.249 e. The molecule has 0 saturated heterocycles. The highest BCUT2D eigenvalue weighted by molar-refractivity contribution is 5.86. The van der Waals surface area contributed by atoms with Crippen LogP contribution in [0, 0.1) is 0 Å². The fraction of sp³-hybridized carbons (Fsp3) is 0.400. The number of rotatable bonds is 3. The van der Waals surface area contributed by atoms with E-state index >= 15 is 0 Å². The van der Waals surface area contributed by atoms with Crippen LogP contribution in [0.5, 0.6) is 0 Å². The molecule has 0 aliphatic heterocycles. The summed E-state index contributed by atoms with van der Waals surface area (Å²) >= 11 is 0. The fourth-order valence-corrected chi connectivity index (χ4v) is 0.313. The average Bonchev–Trinajstić information content (AvgIpc) is 1.90. The van der Waals surface area contributed by atoms with Crippen molar-refractivity contribution in [3.63, 3.8) is 0 Å². The summed E-state index contributed by atoms with van der Waals surface area (Å²) in [5.74, 6) is -0.486. The second-order valence-corrected chi connectivity index (χ2v) is 1.37. The number of hydrogen-bond donors (Lipinski definition) is 2. The fourth-order valence-electron chi connectivity index (χ4n) is 0.313. The first-order valence-corrected chi connectivity index (χ1v) is 2.39. The van der Waals surface area contributed by atoms with Gasteiger partial charge in [-0.1, -0.05) is 6.58 Å². The summed E-state index contributed by atoms with van der Waals surface area (Å²) in [7, 11) is 0. The predicted octanol–water partition coefficient (Wildman–Crippen LogP) is -1.92. The van der Waals surface area contributed by atoms with Crippen LogP contribution >= 0.6 is 0 Å². The van der Waals surface area contributed by atoms with Crippen molar-refractivity contribution in [1.29, 1.82) is 0 Å². The summed E-state index contributed by atoms with van der Waals surface area (Å²) in [6, 6.07) is 0. The van der Waals surface area contributed by atoms with Gasteiger partial charge in [0.2, 0.25) is 5.91 Å². The number of carbonyl (C=O) groups is 1. The Morgan fingerprint density at radius 3 is 2.00 bits per heavy atom. The third-order valence-electron chi connectivity index (χ3n) is 0.828. The summed E-state index contributed by atoms with van der Waals surface area (Å²) < 4.78 is 0. The third kappa shape index (κ3) is 3.18. The van der Waals surface area contributed by atoms with Crippen LogP contribution in [0.1, 0.15) is 0 Å². The van der Waals surface area contributed by atoms with Crippen molar-refractivity contribution in [1.82, 2.24) is 4.90 Å². The maximum atomic E-state index is 10.5. The van der Waals surface area contributed by atoms with Crippen molar-refractivity contribution in [2.75, 3.05) is 13.5 Å². The number of amides is 1. The van der Waals surface area contributed by atoms with Crippen LogP contribution in [0.3, 0.4) is 0 Å². The van der Waals surface area contributed by atoms with Crippen molar-refractivity contribution in [3.8, 4) is 0 Å². The normalized spacial score (nSPS) is 7.80. The molecule has 10 heavy (non-hydrogen) atoms. The summed E-state index contributed by atoms with van der Waals surface area (Å²) in [6.07, 6.45) is 1.02. The van der Waals surface area contributed by atoms with Crippen molar-refractivity contribution >= 4 is 5.91 Å². The lowest BCUT2D eigenvalue weighted by Crippen LogP contribution is -2.30. The van der Waals surface area contributed by atoms with Crippen LogP contribution in [-0.2, 0) is 4.79 Å². The van der Waals surface area contributed by atoms with Gasteiger partial charge in [-0.05, 0) is 6.08 Å². The summed E-state index contributed by atoms with van der Waals surface area (Å²) in [5, 5.41) is 16.6. The van der Waals surface area contributed by atoms with Gasteiger partial charge in [0.1, 0.15) is 13.5 Å². The van der Waals surface area contributed by atoms with Crippen LogP contribution in [0.15, 0.2) is 12.7 Å². The second-order valence-electron chi connectivity index (χ2n) is 1.37. The van der Waals surface area contributed by atoms with E-state index in [1.165, 1.54) is 0 Å². The Hall–Kier alpha value is -0.910. The van der Waals surface area contributed by atoms with E-state index < -0.39 is 19.4 Å². The van der Waals surface area contributed by atoms with Gasteiger partial charge in [-0.15, -0.1) is 0 Å². The topological polar surface area (TPSA) is 92.3 Å². The lowest BCUT2D eigenvalue weighted by molar-refractivity contribution is -0.133. The Labute approximate surface area is 58.5 Å². The van der Waals surface area contributed by atoms with Crippen molar-refractivity contribution < 1.29 is 20.5 Å². The second kappa shape index (κ2) is 6.21. The molecule has 0 unspecified atom stereocenters. The minimum atomic E-state index is -0.486. The standard InChI is InChI=1S/C5H9NO3.H2O/c1-2-5(9)6(3-7)4-8;/h2,7-8H,1,3-4H2;1H2. The molecule has 0 fully saturated rings. The molecule has 0 bridgehead atoms. The minimum Gasteiger partial charge on any atom is -0.412 e. The number of nitrogens with zero attached hydrogens (tertiary/aromatic N) is 1. The van der Waals surface area contributed by atoms with E-state index in [2.05, 4.69) is 6.58 Å². The van der Waals surface area contributed by atoms with E-state index in [0.717, 1.165) is 11.0 Å². The molecule has 0 rings (SSSR count). The number of aliphatic hydroxyl groups is 2. The Bertz CT molecular complexity index is 110. The van der Waals surface area contributed by atoms with Crippen LogP contribution in [0.25, 0.3) is 0 Å². The Balaban J connectivity index is 0. The average molecular weight is 149 g/mol. The zero-order valence-electron chi connectivity index (χ0n) is 5.45. The van der Waals surface area contributed by atoms with Gasteiger partial charge in [0, 0.05) is 0 Å². The summed E-state index contributed by atoms with van der Waals surface area (Å²) in [5.41, 5.74) is 0. The van der Waals surface area contributed by atoms with Gasteiger partial charge in [-0.2, -0.15) is 0 Å².